The van der Waals surface area contributed by atoms with Gasteiger partial charge >= 0.3 is 5.97 Å². The molecule has 0 fully saturated rings. The lowest BCUT2D eigenvalue weighted by Gasteiger charge is -2.24. The number of hydrogen-bond acceptors (Lipinski definition) is 5. The second-order valence-corrected chi connectivity index (χ2v) is 15.1. The molecule has 0 heterocycles. The molecule has 312 valence electrons. The third-order valence-electron chi connectivity index (χ3n) is 9.90. The van der Waals surface area contributed by atoms with Gasteiger partial charge in [-0.05, 0) is 70.6 Å². The van der Waals surface area contributed by atoms with E-state index in [0.717, 1.165) is 103 Å². The summed E-state index contributed by atoms with van der Waals surface area (Å²) in [5.74, 6) is -0.517. The zero-order valence-electron chi connectivity index (χ0n) is 35.3. The van der Waals surface area contributed by atoms with Gasteiger partial charge in [-0.1, -0.05) is 184 Å². The summed E-state index contributed by atoms with van der Waals surface area (Å²) in [6.45, 7) is 6.20. The number of ether oxygens (including phenoxy) is 1. The molecule has 0 aliphatic heterocycles. The molecule has 0 aromatic heterocycles. The van der Waals surface area contributed by atoms with Gasteiger partial charge in [0.15, 0.2) is 0 Å². The molecule has 6 nitrogen and oxygen atoms in total. The Morgan fingerprint density at radius 1 is 0.574 bits per heavy atom. The Kier molecular flexibility index (Phi) is 39.8. The number of rotatable bonds is 39. The lowest BCUT2D eigenvalue weighted by atomic mass is 10.0. The summed E-state index contributed by atoms with van der Waals surface area (Å²) >= 11 is 0. The Hall–Kier alpha value is -2.44. The fourth-order valence-corrected chi connectivity index (χ4v) is 6.53. The van der Waals surface area contributed by atoms with Crippen molar-refractivity contribution in [1.29, 1.82) is 0 Å². The van der Waals surface area contributed by atoms with E-state index < -0.39 is 18.2 Å². The average Bonchev–Trinajstić information content (AvgIpc) is 3.16. The summed E-state index contributed by atoms with van der Waals surface area (Å²) in [5, 5.41) is 23.6. The van der Waals surface area contributed by atoms with E-state index in [9.17, 15) is 19.8 Å². The molecule has 0 aromatic carbocycles. The third kappa shape index (κ3) is 36.5. The number of nitrogens with one attached hydrogen (secondary N) is 1. The topological polar surface area (TPSA) is 95.9 Å². The number of amides is 1. The smallest absolute Gasteiger partial charge is 0.306 e. The molecule has 0 saturated carbocycles. The van der Waals surface area contributed by atoms with Crippen molar-refractivity contribution in [2.45, 2.75) is 225 Å². The lowest BCUT2D eigenvalue weighted by Crippen LogP contribution is -2.46. The zero-order valence-corrected chi connectivity index (χ0v) is 35.3. The summed E-state index contributed by atoms with van der Waals surface area (Å²) in [7, 11) is 0. The van der Waals surface area contributed by atoms with Crippen molar-refractivity contribution in [3.8, 4) is 0 Å². The molecule has 54 heavy (non-hydrogen) atoms. The van der Waals surface area contributed by atoms with Gasteiger partial charge in [-0.2, -0.15) is 0 Å². The molecule has 0 aliphatic carbocycles. The van der Waals surface area contributed by atoms with Gasteiger partial charge in [0.05, 0.1) is 25.2 Å². The fourth-order valence-electron chi connectivity index (χ4n) is 6.53. The molecule has 1 amide bonds. The number of esters is 1. The van der Waals surface area contributed by atoms with E-state index in [-0.39, 0.29) is 24.9 Å². The maximum atomic E-state index is 13.1. The van der Waals surface area contributed by atoms with Gasteiger partial charge in [0.2, 0.25) is 5.91 Å². The first-order valence-electron chi connectivity index (χ1n) is 22.5. The van der Waals surface area contributed by atoms with Crippen molar-refractivity contribution in [3.63, 3.8) is 0 Å². The van der Waals surface area contributed by atoms with Crippen molar-refractivity contribution in [2.75, 3.05) is 6.61 Å². The van der Waals surface area contributed by atoms with Crippen LogP contribution in [-0.2, 0) is 14.3 Å². The van der Waals surface area contributed by atoms with Crippen LogP contribution in [0.4, 0.5) is 0 Å². The van der Waals surface area contributed by atoms with E-state index in [0.29, 0.717) is 19.3 Å². The Morgan fingerprint density at radius 2 is 1.09 bits per heavy atom. The second-order valence-electron chi connectivity index (χ2n) is 15.1. The summed E-state index contributed by atoms with van der Waals surface area (Å²) < 4.78 is 5.88. The lowest BCUT2D eigenvalue weighted by molar-refractivity contribution is -0.151. The standard InChI is InChI=1S/C48H85NO5/c1-4-7-10-13-16-19-22-24-26-29-32-35-38-41-48(53)54-44(39-36-33-30-27-25-23-20-17-14-11-8-5-2)42-47(52)49-45(43-50)46(51)40-37-34-31-28-21-18-15-12-9-6-3/h7-8,10-11,13,16-17,19-20,22,44-46,50-51H,4-6,9,12,14-15,18,21,23-43H2,1-3H3,(H,49,52)/b10-7+,11-8+,16-13+,20-17+,22-19-. The molecule has 0 rings (SSSR count). The van der Waals surface area contributed by atoms with Crippen molar-refractivity contribution < 1.29 is 24.5 Å². The van der Waals surface area contributed by atoms with Gasteiger partial charge in [-0.3, -0.25) is 9.59 Å². The van der Waals surface area contributed by atoms with Crippen LogP contribution in [0.25, 0.3) is 0 Å². The molecule has 0 aromatic rings. The Bertz CT molecular complexity index is 984. The Labute approximate surface area is 333 Å². The molecule has 3 N–H and O–H groups in total. The monoisotopic (exact) mass is 756 g/mol. The molecule has 3 atom stereocenters. The normalized spacial score (nSPS) is 13.9. The van der Waals surface area contributed by atoms with E-state index in [1.807, 2.05) is 0 Å². The molecule has 3 unspecified atom stereocenters. The van der Waals surface area contributed by atoms with Crippen molar-refractivity contribution in [2.24, 2.45) is 0 Å². The number of aliphatic hydroxyl groups is 2. The van der Waals surface area contributed by atoms with Crippen LogP contribution >= 0.6 is 0 Å². The molecule has 0 radical (unpaired) electrons. The molecule has 6 heteroatoms. The minimum Gasteiger partial charge on any atom is -0.462 e. The first-order valence-corrected chi connectivity index (χ1v) is 22.5. The van der Waals surface area contributed by atoms with E-state index in [1.165, 1.54) is 57.8 Å². The van der Waals surface area contributed by atoms with Crippen LogP contribution in [0.15, 0.2) is 60.8 Å². The first-order chi connectivity index (χ1) is 26.5. The van der Waals surface area contributed by atoms with Crippen LogP contribution in [0.5, 0.6) is 0 Å². The minimum absolute atomic E-state index is 0.0576. The molecule has 0 saturated heterocycles. The second kappa shape index (κ2) is 41.7. The highest BCUT2D eigenvalue weighted by molar-refractivity contribution is 5.77. The summed E-state index contributed by atoms with van der Waals surface area (Å²) in [4.78, 5) is 26.0. The molecular formula is C48H85NO5. The largest absolute Gasteiger partial charge is 0.462 e. The highest BCUT2D eigenvalue weighted by Gasteiger charge is 2.24. The van der Waals surface area contributed by atoms with Gasteiger partial charge in [0.1, 0.15) is 6.10 Å². The number of carbonyl (C=O) groups is 2. The van der Waals surface area contributed by atoms with Crippen LogP contribution in [0.2, 0.25) is 0 Å². The van der Waals surface area contributed by atoms with E-state index >= 15 is 0 Å². The van der Waals surface area contributed by atoms with Crippen molar-refractivity contribution in [3.05, 3.63) is 60.8 Å². The van der Waals surface area contributed by atoms with Gasteiger partial charge in [-0.15, -0.1) is 0 Å². The van der Waals surface area contributed by atoms with E-state index in [4.69, 9.17) is 4.74 Å². The fraction of sp³-hybridized carbons (Fsp3) is 0.750. The molecule has 0 bridgehead atoms. The van der Waals surface area contributed by atoms with Crippen LogP contribution in [0, 0.1) is 0 Å². The highest BCUT2D eigenvalue weighted by atomic mass is 16.5. The van der Waals surface area contributed by atoms with E-state index in [1.54, 1.807) is 0 Å². The van der Waals surface area contributed by atoms with Gasteiger partial charge in [-0.25, -0.2) is 0 Å². The number of aliphatic hydroxyl groups excluding tert-OH is 2. The number of hydrogen-bond donors (Lipinski definition) is 3. The van der Waals surface area contributed by atoms with Gasteiger partial charge in [0, 0.05) is 6.42 Å². The number of allylic oxidation sites excluding steroid dienone is 10. The predicted molar refractivity (Wildman–Crippen MR) is 232 cm³/mol. The summed E-state index contributed by atoms with van der Waals surface area (Å²) in [5.41, 5.74) is 0. The predicted octanol–water partition coefficient (Wildman–Crippen LogP) is 12.9. The van der Waals surface area contributed by atoms with Gasteiger partial charge in [0.25, 0.3) is 0 Å². The minimum atomic E-state index is -0.794. The van der Waals surface area contributed by atoms with Crippen LogP contribution in [0.1, 0.15) is 207 Å². The van der Waals surface area contributed by atoms with Crippen molar-refractivity contribution >= 4 is 11.9 Å². The van der Waals surface area contributed by atoms with Crippen LogP contribution < -0.4 is 5.32 Å². The molecule has 0 spiro atoms. The highest BCUT2D eigenvalue weighted by Crippen LogP contribution is 2.17. The summed E-state index contributed by atoms with van der Waals surface area (Å²) in [6.07, 6.45) is 49.9. The maximum absolute atomic E-state index is 13.1. The van der Waals surface area contributed by atoms with Crippen LogP contribution in [0.3, 0.4) is 0 Å². The van der Waals surface area contributed by atoms with E-state index in [2.05, 4.69) is 86.8 Å². The molecular weight excluding hydrogens is 671 g/mol. The molecule has 0 aliphatic rings. The number of unbranched alkanes of at least 4 members (excludes halogenated alkanes) is 19. The third-order valence-corrected chi connectivity index (χ3v) is 9.90. The average molecular weight is 756 g/mol. The SMILES string of the molecule is CC/C=C/C=C/C=C\CCCCCCCC(=O)OC(CCCCCCC/C=C/C/C=C/CC)CC(=O)NC(CO)C(O)CCCCCCCCCCCC. The quantitative estimate of drug-likeness (QED) is 0.0251. The maximum Gasteiger partial charge on any atom is 0.306 e. The van der Waals surface area contributed by atoms with Crippen LogP contribution in [-0.4, -0.2) is 46.9 Å². The Morgan fingerprint density at radius 3 is 1.70 bits per heavy atom. The number of carbonyl (C=O) groups excluding carboxylic acids is 2. The summed E-state index contributed by atoms with van der Waals surface area (Å²) in [6, 6.07) is -0.709. The first kappa shape index (κ1) is 51.6. The van der Waals surface area contributed by atoms with Gasteiger partial charge < -0.3 is 20.3 Å². The zero-order chi connectivity index (χ0) is 39.6. The Balaban J connectivity index is 4.66. The van der Waals surface area contributed by atoms with Crippen molar-refractivity contribution in [1.82, 2.24) is 5.32 Å².